The molecule has 0 spiro atoms. The van der Waals surface area contributed by atoms with E-state index in [0.29, 0.717) is 17.5 Å². The zero-order chi connectivity index (χ0) is 18.9. The summed E-state index contributed by atoms with van der Waals surface area (Å²) in [7, 11) is 5.42. The molecule has 1 amide bonds. The zero-order valence-corrected chi connectivity index (χ0v) is 19.7. The summed E-state index contributed by atoms with van der Waals surface area (Å²) in [4.78, 5) is 21.2. The highest BCUT2D eigenvalue weighted by atomic mass is 127. The predicted molar refractivity (Wildman–Crippen MR) is 125 cm³/mol. The molecule has 0 aliphatic rings. The molecule has 0 bridgehead atoms. The fourth-order valence-corrected chi connectivity index (χ4v) is 3.25. The van der Waals surface area contributed by atoms with E-state index in [1.807, 2.05) is 36.2 Å². The molecule has 0 unspecified atom stereocenters. The molecule has 0 aliphatic heterocycles. The topological polar surface area (TPSA) is 47.9 Å². The van der Waals surface area contributed by atoms with Gasteiger partial charge in [-0.1, -0.05) is 29.8 Å². The Bertz CT molecular complexity index is 737. The normalized spacial score (nSPS) is 10.9. The number of aliphatic imine (C=N–C) groups is 1. The molecule has 0 aliphatic carbocycles. The second-order valence-corrected chi connectivity index (χ2v) is 7.64. The van der Waals surface area contributed by atoms with E-state index in [4.69, 9.17) is 11.6 Å². The van der Waals surface area contributed by atoms with Crippen LogP contribution in [0.1, 0.15) is 10.4 Å². The minimum absolute atomic E-state index is 0. The summed E-state index contributed by atoms with van der Waals surface area (Å²) in [6.07, 6.45) is 0.920. The Morgan fingerprint density at radius 3 is 2.63 bits per heavy atom. The number of guanidine groups is 1. The van der Waals surface area contributed by atoms with E-state index >= 15 is 0 Å². The summed E-state index contributed by atoms with van der Waals surface area (Å²) in [5.74, 6) is 0.676. The van der Waals surface area contributed by atoms with E-state index < -0.39 is 0 Å². The van der Waals surface area contributed by atoms with Gasteiger partial charge in [0.05, 0.1) is 0 Å². The van der Waals surface area contributed by atoms with Crippen molar-refractivity contribution in [2.45, 2.75) is 13.0 Å². The number of thiophene rings is 1. The molecule has 1 aromatic carbocycles. The van der Waals surface area contributed by atoms with Gasteiger partial charge in [-0.05, 0) is 35.6 Å². The van der Waals surface area contributed by atoms with Crippen LogP contribution < -0.4 is 5.32 Å². The smallest absolute Gasteiger partial charge is 0.243 e. The molecule has 8 heteroatoms. The van der Waals surface area contributed by atoms with Gasteiger partial charge in [-0.25, -0.2) is 4.99 Å². The first-order valence-electron chi connectivity index (χ1n) is 8.42. The number of benzene rings is 1. The molecule has 0 saturated carbocycles. The molecule has 1 aromatic heterocycles. The van der Waals surface area contributed by atoms with Crippen LogP contribution in [0.2, 0.25) is 5.02 Å². The number of likely N-dealkylation sites (N-methyl/N-ethyl adjacent to an activating group) is 1. The van der Waals surface area contributed by atoms with E-state index in [-0.39, 0.29) is 36.4 Å². The van der Waals surface area contributed by atoms with Crippen LogP contribution in [0.4, 0.5) is 0 Å². The number of carbonyl (C=O) groups is 1. The number of nitrogens with one attached hydrogen (secondary N) is 1. The van der Waals surface area contributed by atoms with E-state index in [2.05, 4.69) is 27.8 Å². The molecule has 148 valence electrons. The fourth-order valence-electron chi connectivity index (χ4n) is 2.33. The van der Waals surface area contributed by atoms with Gasteiger partial charge in [0.1, 0.15) is 6.54 Å². The van der Waals surface area contributed by atoms with Crippen molar-refractivity contribution in [2.75, 3.05) is 34.2 Å². The standard InChI is InChI=1S/C19H25ClN4OS.HI/c1-23(2)18(25)13-22-19(21-10-9-17-8-5-11-26-17)24(3)14-15-6-4-7-16(20)12-15;/h4-8,11-12H,9-10,13-14H2,1-3H3,(H,21,22);1H. The van der Waals surface area contributed by atoms with Crippen molar-refractivity contribution in [2.24, 2.45) is 4.99 Å². The van der Waals surface area contributed by atoms with Crippen molar-refractivity contribution in [1.29, 1.82) is 0 Å². The second kappa shape index (κ2) is 12.2. The van der Waals surface area contributed by atoms with Crippen LogP contribution in [0.15, 0.2) is 46.8 Å². The molecule has 2 rings (SSSR count). The number of hydrogen-bond donors (Lipinski definition) is 1. The average molecular weight is 521 g/mol. The lowest BCUT2D eigenvalue weighted by Crippen LogP contribution is -2.40. The third kappa shape index (κ3) is 8.49. The third-order valence-electron chi connectivity index (χ3n) is 3.77. The van der Waals surface area contributed by atoms with Gasteiger partial charge in [-0.3, -0.25) is 4.79 Å². The third-order valence-corrected chi connectivity index (χ3v) is 4.94. The maximum atomic E-state index is 11.9. The van der Waals surface area contributed by atoms with Gasteiger partial charge in [-0.15, -0.1) is 35.3 Å². The summed E-state index contributed by atoms with van der Waals surface area (Å²) >= 11 is 7.81. The van der Waals surface area contributed by atoms with Crippen LogP contribution in [0.5, 0.6) is 0 Å². The Kier molecular flexibility index (Phi) is 10.7. The van der Waals surface area contributed by atoms with Crippen LogP contribution in [0.3, 0.4) is 0 Å². The van der Waals surface area contributed by atoms with E-state index in [1.54, 1.807) is 30.3 Å². The zero-order valence-electron chi connectivity index (χ0n) is 15.8. The predicted octanol–water partition coefficient (Wildman–Crippen LogP) is 3.73. The average Bonchev–Trinajstić information content (AvgIpc) is 3.10. The number of nitrogens with zero attached hydrogens (tertiary/aromatic N) is 3. The summed E-state index contributed by atoms with van der Waals surface area (Å²) in [5.41, 5.74) is 1.09. The Morgan fingerprint density at radius 2 is 2.00 bits per heavy atom. The van der Waals surface area contributed by atoms with Gasteiger partial charge < -0.3 is 15.1 Å². The first-order valence-corrected chi connectivity index (χ1v) is 9.68. The number of halogens is 2. The molecule has 2 aromatic rings. The summed E-state index contributed by atoms with van der Waals surface area (Å²) in [6.45, 7) is 1.53. The SMILES string of the molecule is CN(C)C(=O)CN=C(NCCc1cccs1)N(C)Cc1cccc(Cl)c1.I. The van der Waals surface area contributed by atoms with E-state index in [9.17, 15) is 4.79 Å². The van der Waals surface area contributed by atoms with Gasteiger partial charge >= 0.3 is 0 Å². The van der Waals surface area contributed by atoms with Gasteiger partial charge in [-0.2, -0.15) is 0 Å². The van der Waals surface area contributed by atoms with Crippen molar-refractivity contribution >= 4 is 58.8 Å². The lowest BCUT2D eigenvalue weighted by molar-refractivity contribution is -0.127. The number of carbonyl (C=O) groups excluding carboxylic acids is 1. The minimum atomic E-state index is -0.0290. The lowest BCUT2D eigenvalue weighted by Gasteiger charge is -2.23. The van der Waals surface area contributed by atoms with Crippen molar-refractivity contribution in [1.82, 2.24) is 15.1 Å². The summed E-state index contributed by atoms with van der Waals surface area (Å²) in [6, 6.07) is 11.9. The molecular weight excluding hydrogens is 495 g/mol. The van der Waals surface area contributed by atoms with Crippen LogP contribution in [0, 0.1) is 0 Å². The van der Waals surface area contributed by atoms with Crippen molar-refractivity contribution in [3.8, 4) is 0 Å². The molecule has 5 nitrogen and oxygen atoms in total. The summed E-state index contributed by atoms with van der Waals surface area (Å²) in [5, 5.41) is 6.15. The van der Waals surface area contributed by atoms with Crippen LogP contribution >= 0.6 is 46.9 Å². The molecule has 27 heavy (non-hydrogen) atoms. The molecular formula is C19H26ClIN4OS. The van der Waals surface area contributed by atoms with Crippen molar-refractivity contribution in [3.63, 3.8) is 0 Å². The molecule has 0 saturated heterocycles. The maximum Gasteiger partial charge on any atom is 0.243 e. The molecule has 0 atom stereocenters. The Morgan fingerprint density at radius 1 is 1.22 bits per heavy atom. The highest BCUT2D eigenvalue weighted by Crippen LogP contribution is 2.12. The largest absolute Gasteiger partial charge is 0.356 e. The molecule has 1 heterocycles. The summed E-state index contributed by atoms with van der Waals surface area (Å²) < 4.78 is 0. The minimum Gasteiger partial charge on any atom is -0.356 e. The highest BCUT2D eigenvalue weighted by molar-refractivity contribution is 14.0. The number of hydrogen-bond acceptors (Lipinski definition) is 3. The Hall–Kier alpha value is -1.32. The number of amides is 1. The first kappa shape index (κ1) is 23.7. The Balaban J connectivity index is 0.00000364. The lowest BCUT2D eigenvalue weighted by atomic mass is 10.2. The molecule has 0 radical (unpaired) electrons. The fraction of sp³-hybridized carbons (Fsp3) is 0.368. The Labute approximate surface area is 187 Å². The maximum absolute atomic E-state index is 11.9. The first-order chi connectivity index (χ1) is 12.5. The van der Waals surface area contributed by atoms with Crippen LogP contribution in [-0.4, -0.2) is 55.9 Å². The van der Waals surface area contributed by atoms with Gasteiger partial charge in [0.25, 0.3) is 0 Å². The second-order valence-electron chi connectivity index (χ2n) is 6.17. The van der Waals surface area contributed by atoms with E-state index in [0.717, 1.165) is 18.5 Å². The molecule has 1 N–H and O–H groups in total. The van der Waals surface area contributed by atoms with Crippen LogP contribution in [0.25, 0.3) is 0 Å². The van der Waals surface area contributed by atoms with Gasteiger partial charge in [0, 0.05) is 44.1 Å². The van der Waals surface area contributed by atoms with Crippen LogP contribution in [-0.2, 0) is 17.8 Å². The quantitative estimate of drug-likeness (QED) is 0.344. The molecule has 0 fully saturated rings. The highest BCUT2D eigenvalue weighted by Gasteiger charge is 2.10. The van der Waals surface area contributed by atoms with E-state index in [1.165, 1.54) is 4.88 Å². The van der Waals surface area contributed by atoms with Crippen molar-refractivity contribution < 1.29 is 4.79 Å². The number of rotatable bonds is 7. The van der Waals surface area contributed by atoms with Gasteiger partial charge in [0.15, 0.2) is 5.96 Å². The van der Waals surface area contributed by atoms with Crippen molar-refractivity contribution in [3.05, 3.63) is 57.2 Å². The van der Waals surface area contributed by atoms with Gasteiger partial charge in [0.2, 0.25) is 5.91 Å². The monoisotopic (exact) mass is 520 g/mol.